The number of carbonyl (C=O) groups excluding carboxylic acids is 1. The van der Waals surface area contributed by atoms with Gasteiger partial charge in [0.15, 0.2) is 0 Å². The van der Waals surface area contributed by atoms with Crippen LogP contribution in [-0.4, -0.2) is 18.6 Å². The van der Waals surface area contributed by atoms with Crippen LogP contribution in [0.2, 0.25) is 0 Å². The van der Waals surface area contributed by atoms with E-state index in [1.807, 2.05) is 42.5 Å². The highest BCUT2D eigenvalue weighted by atomic mass is 19.4. The predicted octanol–water partition coefficient (Wildman–Crippen LogP) is 3.30. The van der Waals surface area contributed by atoms with Crippen molar-refractivity contribution in [3.05, 3.63) is 48.0 Å². The largest absolute Gasteiger partial charge is 0.389 e. The molecule has 22 heavy (non-hydrogen) atoms. The van der Waals surface area contributed by atoms with Gasteiger partial charge in [-0.3, -0.25) is 4.79 Å². The third kappa shape index (κ3) is 4.46. The lowest BCUT2D eigenvalue weighted by Crippen LogP contribution is -2.33. The number of nitrogens with one attached hydrogen (secondary N) is 1. The zero-order valence-electron chi connectivity index (χ0n) is 11.9. The summed E-state index contributed by atoms with van der Waals surface area (Å²) in [7, 11) is 0. The van der Waals surface area contributed by atoms with Gasteiger partial charge in [-0.15, -0.1) is 0 Å². The second-order valence-electron chi connectivity index (χ2n) is 5.08. The maximum absolute atomic E-state index is 12.1. The fourth-order valence-electron chi connectivity index (χ4n) is 2.22. The topological polar surface area (TPSA) is 55.1 Å². The van der Waals surface area contributed by atoms with Gasteiger partial charge in [0.05, 0.1) is 12.5 Å². The van der Waals surface area contributed by atoms with E-state index in [-0.39, 0.29) is 6.54 Å². The van der Waals surface area contributed by atoms with Gasteiger partial charge in [0.1, 0.15) is 0 Å². The second-order valence-corrected chi connectivity index (χ2v) is 5.08. The number of carbonyl (C=O) groups is 1. The summed E-state index contributed by atoms with van der Waals surface area (Å²) in [4.78, 5) is 11.6. The van der Waals surface area contributed by atoms with Crippen molar-refractivity contribution in [1.29, 1.82) is 0 Å². The Kier molecular flexibility index (Phi) is 5.03. The van der Waals surface area contributed by atoms with Crippen LogP contribution in [0.15, 0.2) is 42.5 Å². The van der Waals surface area contributed by atoms with E-state index in [9.17, 15) is 18.0 Å². The highest BCUT2D eigenvalue weighted by Crippen LogP contribution is 2.23. The first-order valence-corrected chi connectivity index (χ1v) is 6.94. The van der Waals surface area contributed by atoms with E-state index >= 15 is 0 Å². The lowest BCUT2D eigenvalue weighted by Gasteiger charge is -2.18. The molecule has 1 unspecified atom stereocenters. The van der Waals surface area contributed by atoms with Gasteiger partial charge in [-0.1, -0.05) is 36.4 Å². The first-order valence-electron chi connectivity index (χ1n) is 6.94. The molecular weight excluding hydrogens is 293 g/mol. The van der Waals surface area contributed by atoms with Crippen molar-refractivity contribution in [3.63, 3.8) is 0 Å². The molecule has 0 heterocycles. The Labute approximate surface area is 126 Å². The average molecular weight is 310 g/mol. The number of benzene rings is 2. The zero-order valence-corrected chi connectivity index (χ0v) is 11.9. The van der Waals surface area contributed by atoms with Gasteiger partial charge in [-0.25, -0.2) is 0 Å². The maximum Gasteiger partial charge on any atom is 0.389 e. The standard InChI is InChI=1S/C16H17F3N2O/c17-16(18,19)8-7-15(22)21-14(10-20)13-6-5-11-3-1-2-4-12(11)9-13/h1-6,9,14H,7-8,10,20H2,(H,21,22). The smallest absolute Gasteiger partial charge is 0.348 e. The maximum atomic E-state index is 12.1. The number of nitrogens with two attached hydrogens (primary N) is 1. The third-order valence-electron chi connectivity index (χ3n) is 3.38. The summed E-state index contributed by atoms with van der Waals surface area (Å²) in [6.07, 6.45) is -6.06. The number of hydrogen-bond acceptors (Lipinski definition) is 2. The number of fused-ring (bicyclic) bond motifs is 1. The van der Waals surface area contributed by atoms with Gasteiger partial charge in [0.25, 0.3) is 0 Å². The molecule has 1 atom stereocenters. The summed E-state index contributed by atoms with van der Waals surface area (Å²) < 4.78 is 36.4. The molecule has 2 aromatic rings. The minimum Gasteiger partial charge on any atom is -0.348 e. The Morgan fingerprint density at radius 3 is 2.45 bits per heavy atom. The number of amides is 1. The van der Waals surface area contributed by atoms with E-state index in [0.29, 0.717) is 0 Å². The monoisotopic (exact) mass is 310 g/mol. The molecule has 0 saturated carbocycles. The molecule has 3 N–H and O–H groups in total. The molecular formula is C16H17F3N2O. The minimum atomic E-state index is -4.33. The molecule has 3 nitrogen and oxygen atoms in total. The average Bonchev–Trinajstić information content (AvgIpc) is 2.49. The number of rotatable bonds is 5. The van der Waals surface area contributed by atoms with E-state index in [2.05, 4.69) is 5.32 Å². The van der Waals surface area contributed by atoms with Crippen LogP contribution < -0.4 is 11.1 Å². The summed E-state index contributed by atoms with van der Waals surface area (Å²) in [5, 5.41) is 4.59. The Hall–Kier alpha value is -2.08. The van der Waals surface area contributed by atoms with Gasteiger partial charge in [-0.05, 0) is 22.4 Å². The molecule has 0 bridgehead atoms. The van der Waals surface area contributed by atoms with Gasteiger partial charge >= 0.3 is 6.18 Å². The Morgan fingerprint density at radius 1 is 1.14 bits per heavy atom. The molecule has 0 radical (unpaired) electrons. The lowest BCUT2D eigenvalue weighted by atomic mass is 10.0. The van der Waals surface area contributed by atoms with E-state index < -0.39 is 31.0 Å². The molecule has 0 spiro atoms. The van der Waals surface area contributed by atoms with Crippen LogP contribution in [0.25, 0.3) is 10.8 Å². The van der Waals surface area contributed by atoms with Crippen molar-refractivity contribution >= 4 is 16.7 Å². The van der Waals surface area contributed by atoms with Crippen molar-refractivity contribution in [2.45, 2.75) is 25.1 Å². The van der Waals surface area contributed by atoms with Gasteiger partial charge in [0.2, 0.25) is 5.91 Å². The molecule has 6 heteroatoms. The van der Waals surface area contributed by atoms with Crippen molar-refractivity contribution in [2.24, 2.45) is 5.73 Å². The highest BCUT2D eigenvalue weighted by Gasteiger charge is 2.28. The van der Waals surface area contributed by atoms with Crippen LogP contribution in [0, 0.1) is 0 Å². The molecule has 0 saturated heterocycles. The molecule has 0 aliphatic carbocycles. The number of halogens is 3. The second kappa shape index (κ2) is 6.79. The minimum absolute atomic E-state index is 0.121. The summed E-state index contributed by atoms with van der Waals surface area (Å²) in [5.41, 5.74) is 6.42. The molecule has 2 rings (SSSR count). The summed E-state index contributed by atoms with van der Waals surface area (Å²) in [6, 6.07) is 12.8. The quantitative estimate of drug-likeness (QED) is 0.890. The molecule has 0 aliphatic heterocycles. The van der Waals surface area contributed by atoms with Gasteiger partial charge in [0, 0.05) is 13.0 Å². The molecule has 0 aliphatic rings. The summed E-state index contributed by atoms with van der Waals surface area (Å²) in [6.45, 7) is 0.121. The van der Waals surface area contributed by atoms with Crippen LogP contribution >= 0.6 is 0 Å². The van der Waals surface area contributed by atoms with Crippen molar-refractivity contribution in [1.82, 2.24) is 5.32 Å². The van der Waals surface area contributed by atoms with Crippen LogP contribution in [0.5, 0.6) is 0 Å². The fourth-order valence-corrected chi connectivity index (χ4v) is 2.22. The zero-order chi connectivity index (χ0) is 16.2. The Morgan fingerprint density at radius 2 is 1.82 bits per heavy atom. The van der Waals surface area contributed by atoms with E-state index in [1.54, 1.807) is 0 Å². The third-order valence-corrected chi connectivity index (χ3v) is 3.38. The van der Waals surface area contributed by atoms with E-state index in [1.165, 1.54) is 0 Å². The van der Waals surface area contributed by atoms with Gasteiger partial charge < -0.3 is 11.1 Å². The van der Waals surface area contributed by atoms with Gasteiger partial charge in [-0.2, -0.15) is 13.2 Å². The molecule has 0 aromatic heterocycles. The molecule has 2 aromatic carbocycles. The predicted molar refractivity (Wildman–Crippen MR) is 79.2 cm³/mol. The SMILES string of the molecule is NCC(NC(=O)CCC(F)(F)F)c1ccc2ccccc2c1. The normalized spacial score (nSPS) is 13.1. The van der Waals surface area contributed by atoms with Crippen LogP contribution in [0.3, 0.4) is 0 Å². The first kappa shape index (κ1) is 16.3. The van der Waals surface area contributed by atoms with Crippen LogP contribution in [0.1, 0.15) is 24.4 Å². The molecule has 0 fully saturated rings. The highest BCUT2D eigenvalue weighted by molar-refractivity contribution is 5.83. The van der Waals surface area contributed by atoms with Crippen molar-refractivity contribution in [3.8, 4) is 0 Å². The molecule has 118 valence electrons. The van der Waals surface area contributed by atoms with Crippen molar-refractivity contribution < 1.29 is 18.0 Å². The Bertz CT molecular complexity index is 655. The van der Waals surface area contributed by atoms with E-state index in [0.717, 1.165) is 16.3 Å². The first-order chi connectivity index (χ1) is 10.4. The lowest BCUT2D eigenvalue weighted by molar-refractivity contribution is -0.144. The number of alkyl halides is 3. The van der Waals surface area contributed by atoms with Crippen LogP contribution in [0.4, 0.5) is 13.2 Å². The Balaban J connectivity index is 2.08. The van der Waals surface area contributed by atoms with Crippen LogP contribution in [-0.2, 0) is 4.79 Å². The summed E-state index contributed by atoms with van der Waals surface area (Å²) >= 11 is 0. The van der Waals surface area contributed by atoms with E-state index in [4.69, 9.17) is 5.73 Å². The number of hydrogen-bond donors (Lipinski definition) is 2. The fraction of sp³-hybridized carbons (Fsp3) is 0.312. The molecule has 1 amide bonds. The summed E-state index contributed by atoms with van der Waals surface area (Å²) in [5.74, 6) is -0.652. The van der Waals surface area contributed by atoms with Crippen molar-refractivity contribution in [2.75, 3.05) is 6.54 Å².